The van der Waals surface area contributed by atoms with E-state index in [0.29, 0.717) is 11.1 Å². The number of benzene rings is 1. The Morgan fingerprint density at radius 1 is 1.25 bits per heavy atom. The Labute approximate surface area is 143 Å². The molecule has 0 aromatic heterocycles. The van der Waals surface area contributed by atoms with Crippen LogP contribution in [0.25, 0.3) is 0 Å². The molecule has 1 N–H and O–H groups in total. The highest BCUT2D eigenvalue weighted by Crippen LogP contribution is 2.32. The topological polar surface area (TPSA) is 15.3 Å². The van der Waals surface area contributed by atoms with Crippen molar-refractivity contribution in [1.82, 2.24) is 10.2 Å². The first-order chi connectivity index (χ1) is 8.72. The normalized spacial score (nSPS) is 16.7. The molecule has 2 nitrogen and oxygen atoms in total. The molecule has 1 aliphatic rings. The number of piperazine rings is 1. The third-order valence-electron chi connectivity index (χ3n) is 3.30. The Kier molecular flexibility index (Phi) is 9.90. The lowest BCUT2D eigenvalue weighted by Crippen LogP contribution is -2.45. The Bertz CT molecular complexity index is 420. The lowest BCUT2D eigenvalue weighted by Gasteiger charge is -2.35. The van der Waals surface area contributed by atoms with Crippen molar-refractivity contribution >= 4 is 48.0 Å². The van der Waals surface area contributed by atoms with Crippen molar-refractivity contribution in [3.05, 3.63) is 46.5 Å². The van der Waals surface area contributed by atoms with Gasteiger partial charge in [-0.1, -0.05) is 35.3 Å². The average molecular weight is 358 g/mol. The zero-order valence-electron chi connectivity index (χ0n) is 11.1. The van der Waals surface area contributed by atoms with Crippen molar-refractivity contribution in [2.75, 3.05) is 26.2 Å². The summed E-state index contributed by atoms with van der Waals surface area (Å²) in [6.07, 6.45) is 2.86. The predicted molar refractivity (Wildman–Crippen MR) is 93.0 cm³/mol. The van der Waals surface area contributed by atoms with Gasteiger partial charge in [-0.05, 0) is 24.1 Å². The van der Waals surface area contributed by atoms with Crippen molar-refractivity contribution in [2.24, 2.45) is 0 Å². The van der Waals surface area contributed by atoms with Gasteiger partial charge in [0.05, 0.1) is 0 Å². The van der Waals surface area contributed by atoms with Crippen LogP contribution in [0.2, 0.25) is 10.0 Å². The molecule has 1 saturated heterocycles. The molecular formula is C14H20Cl4N2. The highest BCUT2D eigenvalue weighted by molar-refractivity contribution is 6.35. The maximum atomic E-state index is 6.32. The van der Waals surface area contributed by atoms with E-state index >= 15 is 0 Å². The van der Waals surface area contributed by atoms with Crippen LogP contribution in [0.4, 0.5) is 0 Å². The molecule has 2 rings (SSSR count). The zero-order valence-corrected chi connectivity index (χ0v) is 14.3. The van der Waals surface area contributed by atoms with Gasteiger partial charge in [-0.2, -0.15) is 0 Å². The summed E-state index contributed by atoms with van der Waals surface area (Å²) in [5.41, 5.74) is 1.14. The fraction of sp³-hybridized carbons (Fsp3) is 0.429. The van der Waals surface area contributed by atoms with Gasteiger partial charge in [0.25, 0.3) is 0 Å². The fourth-order valence-corrected chi connectivity index (χ4v) is 2.93. The fourth-order valence-electron chi connectivity index (χ4n) is 2.40. The van der Waals surface area contributed by atoms with Crippen molar-refractivity contribution in [1.29, 1.82) is 0 Å². The molecule has 1 heterocycles. The van der Waals surface area contributed by atoms with Gasteiger partial charge in [0.15, 0.2) is 0 Å². The van der Waals surface area contributed by atoms with Crippen LogP contribution in [0.5, 0.6) is 0 Å². The number of hydrogen-bond acceptors (Lipinski definition) is 2. The molecule has 0 aliphatic carbocycles. The summed E-state index contributed by atoms with van der Waals surface area (Å²) >= 11 is 12.3. The monoisotopic (exact) mass is 356 g/mol. The first-order valence-corrected chi connectivity index (χ1v) is 6.98. The minimum Gasteiger partial charge on any atom is -0.314 e. The van der Waals surface area contributed by atoms with Crippen LogP contribution in [0.1, 0.15) is 18.0 Å². The summed E-state index contributed by atoms with van der Waals surface area (Å²) < 4.78 is 0. The second kappa shape index (κ2) is 9.88. The van der Waals surface area contributed by atoms with Gasteiger partial charge in [-0.25, -0.2) is 0 Å². The van der Waals surface area contributed by atoms with Crippen molar-refractivity contribution in [3.8, 4) is 0 Å². The molecule has 0 bridgehead atoms. The molecule has 1 aliphatic heterocycles. The average Bonchev–Trinajstić information content (AvgIpc) is 2.38. The van der Waals surface area contributed by atoms with E-state index in [-0.39, 0.29) is 24.8 Å². The number of halogens is 4. The largest absolute Gasteiger partial charge is 0.314 e. The van der Waals surface area contributed by atoms with E-state index in [4.69, 9.17) is 23.2 Å². The summed E-state index contributed by atoms with van der Waals surface area (Å²) in [4.78, 5) is 2.45. The number of nitrogens with zero attached hydrogens (tertiary/aromatic N) is 1. The molecule has 0 radical (unpaired) electrons. The van der Waals surface area contributed by atoms with Gasteiger partial charge < -0.3 is 5.32 Å². The van der Waals surface area contributed by atoms with Crippen molar-refractivity contribution in [2.45, 2.75) is 12.5 Å². The van der Waals surface area contributed by atoms with Gasteiger partial charge in [-0.15, -0.1) is 31.4 Å². The second-order valence-corrected chi connectivity index (χ2v) is 5.34. The summed E-state index contributed by atoms with van der Waals surface area (Å²) in [5.74, 6) is 0. The van der Waals surface area contributed by atoms with E-state index in [0.717, 1.165) is 43.2 Å². The predicted octanol–water partition coefficient (Wildman–Crippen LogP) is 4.36. The molecule has 114 valence electrons. The van der Waals surface area contributed by atoms with E-state index in [9.17, 15) is 0 Å². The SMILES string of the molecule is C=CC[C@H](c1ccc(Cl)cc1Cl)N1CCNCC1.Cl.Cl. The van der Waals surface area contributed by atoms with E-state index in [2.05, 4.69) is 16.8 Å². The van der Waals surface area contributed by atoms with Crippen LogP contribution in [-0.4, -0.2) is 31.1 Å². The summed E-state index contributed by atoms with van der Waals surface area (Å²) in [5, 5.41) is 4.79. The highest BCUT2D eigenvalue weighted by atomic mass is 35.5. The molecule has 0 unspecified atom stereocenters. The molecule has 1 aromatic rings. The highest BCUT2D eigenvalue weighted by Gasteiger charge is 2.22. The van der Waals surface area contributed by atoms with Crippen LogP contribution < -0.4 is 5.32 Å². The summed E-state index contributed by atoms with van der Waals surface area (Å²) in [6.45, 7) is 7.99. The van der Waals surface area contributed by atoms with E-state index in [1.807, 2.05) is 24.3 Å². The number of rotatable bonds is 4. The molecule has 1 atom stereocenters. The van der Waals surface area contributed by atoms with Gasteiger partial charge in [0, 0.05) is 42.3 Å². The third kappa shape index (κ3) is 5.10. The minimum absolute atomic E-state index is 0. The Morgan fingerprint density at radius 2 is 1.90 bits per heavy atom. The zero-order chi connectivity index (χ0) is 13.0. The van der Waals surface area contributed by atoms with Crippen LogP contribution in [0, 0.1) is 0 Å². The van der Waals surface area contributed by atoms with Gasteiger partial charge >= 0.3 is 0 Å². The smallest absolute Gasteiger partial charge is 0.0468 e. The van der Waals surface area contributed by atoms with Crippen LogP contribution in [-0.2, 0) is 0 Å². The Morgan fingerprint density at radius 3 is 2.45 bits per heavy atom. The minimum atomic E-state index is 0. The number of hydrogen-bond donors (Lipinski definition) is 1. The molecule has 20 heavy (non-hydrogen) atoms. The maximum absolute atomic E-state index is 6.32. The molecule has 1 fully saturated rings. The van der Waals surface area contributed by atoms with Gasteiger partial charge in [0.2, 0.25) is 0 Å². The van der Waals surface area contributed by atoms with Crippen molar-refractivity contribution < 1.29 is 0 Å². The Balaban J connectivity index is 0.00000180. The van der Waals surface area contributed by atoms with Crippen LogP contribution >= 0.6 is 48.0 Å². The van der Waals surface area contributed by atoms with E-state index < -0.39 is 0 Å². The molecule has 6 heteroatoms. The van der Waals surface area contributed by atoms with E-state index in [1.54, 1.807) is 0 Å². The molecule has 0 spiro atoms. The summed E-state index contributed by atoms with van der Waals surface area (Å²) in [7, 11) is 0. The third-order valence-corrected chi connectivity index (χ3v) is 3.87. The molecule has 0 saturated carbocycles. The lowest BCUT2D eigenvalue weighted by atomic mass is 10.0. The van der Waals surface area contributed by atoms with E-state index in [1.165, 1.54) is 0 Å². The number of nitrogens with one attached hydrogen (secondary N) is 1. The maximum Gasteiger partial charge on any atom is 0.0468 e. The standard InChI is InChI=1S/C14H18Cl2N2.2ClH/c1-2-3-14(18-8-6-17-7-9-18)12-5-4-11(15)10-13(12)16;;/h2,4-5,10,14,17H,1,3,6-9H2;2*1H/t14-;;/m1../s1. The molecule has 0 amide bonds. The lowest BCUT2D eigenvalue weighted by molar-refractivity contribution is 0.174. The molecular weight excluding hydrogens is 338 g/mol. The first kappa shape index (κ1) is 20.0. The van der Waals surface area contributed by atoms with Crippen molar-refractivity contribution in [3.63, 3.8) is 0 Å². The van der Waals surface area contributed by atoms with Gasteiger partial charge in [-0.3, -0.25) is 4.90 Å². The quantitative estimate of drug-likeness (QED) is 0.805. The second-order valence-electron chi connectivity index (χ2n) is 4.49. The van der Waals surface area contributed by atoms with Crippen LogP contribution in [0.15, 0.2) is 30.9 Å². The van der Waals surface area contributed by atoms with Gasteiger partial charge in [0.1, 0.15) is 0 Å². The molecule has 1 aromatic carbocycles. The summed E-state index contributed by atoms with van der Waals surface area (Å²) in [6, 6.07) is 6.05. The van der Waals surface area contributed by atoms with Crippen LogP contribution in [0.3, 0.4) is 0 Å². The Hall–Kier alpha value is 0.0400. The first-order valence-electron chi connectivity index (χ1n) is 6.23.